The molecule has 0 aromatic heterocycles. The lowest BCUT2D eigenvalue weighted by Crippen LogP contribution is -2.45. The molecule has 0 saturated carbocycles. The molecule has 6 nitrogen and oxygen atoms in total. The third kappa shape index (κ3) is 2.32. The molecule has 30 heavy (non-hydrogen) atoms. The molecule has 0 spiro atoms. The maximum atomic E-state index is 13.3. The standard InChI is InChI=1S/C22H16Cl2N2O4/c1-9-2-5-11(6-3-9)26-21(27)14-15(22(26)28)19-20-16(18(14)29-19)17(25-30-20)12-7-4-10(23)8-13(12)24/h2-8,14-16,18-20H,1H3/t14-,15+,16-,18+,19-,20-/m0/s1. The number of rotatable bonds is 2. The molecule has 0 aliphatic carbocycles. The summed E-state index contributed by atoms with van der Waals surface area (Å²) in [5, 5.41) is 5.24. The van der Waals surface area contributed by atoms with Crippen molar-refractivity contribution >= 4 is 46.4 Å². The van der Waals surface area contributed by atoms with Gasteiger partial charge in [-0.25, -0.2) is 4.90 Å². The predicted molar refractivity (Wildman–Crippen MR) is 111 cm³/mol. The number of benzene rings is 2. The van der Waals surface area contributed by atoms with Crippen LogP contribution < -0.4 is 4.90 Å². The number of anilines is 1. The van der Waals surface area contributed by atoms with Crippen molar-refractivity contribution in [1.82, 2.24) is 0 Å². The molecule has 2 aromatic rings. The van der Waals surface area contributed by atoms with E-state index in [0.717, 1.165) is 5.56 Å². The van der Waals surface area contributed by atoms with Gasteiger partial charge in [0.15, 0.2) is 6.10 Å². The number of carbonyl (C=O) groups excluding carboxylic acids is 2. The molecule has 2 bridgehead atoms. The van der Waals surface area contributed by atoms with Crippen molar-refractivity contribution in [3.8, 4) is 0 Å². The minimum Gasteiger partial charge on any atom is -0.389 e. The molecular weight excluding hydrogens is 427 g/mol. The van der Waals surface area contributed by atoms with Crippen molar-refractivity contribution in [2.75, 3.05) is 4.90 Å². The van der Waals surface area contributed by atoms with Gasteiger partial charge in [0.1, 0.15) is 6.10 Å². The van der Waals surface area contributed by atoms with Crippen LogP contribution in [0.4, 0.5) is 5.69 Å². The maximum Gasteiger partial charge on any atom is 0.240 e. The summed E-state index contributed by atoms with van der Waals surface area (Å²) in [6, 6.07) is 12.5. The second-order valence-electron chi connectivity index (χ2n) is 8.16. The van der Waals surface area contributed by atoms with Crippen LogP contribution in [0.5, 0.6) is 0 Å². The lowest BCUT2D eigenvalue weighted by Gasteiger charge is -2.26. The van der Waals surface area contributed by atoms with E-state index >= 15 is 0 Å². The van der Waals surface area contributed by atoms with Gasteiger partial charge in [0.05, 0.1) is 40.3 Å². The van der Waals surface area contributed by atoms with Gasteiger partial charge in [-0.15, -0.1) is 0 Å². The van der Waals surface area contributed by atoms with E-state index in [1.165, 1.54) is 4.90 Å². The van der Waals surface area contributed by atoms with Crippen molar-refractivity contribution < 1.29 is 19.2 Å². The highest BCUT2D eigenvalue weighted by Crippen LogP contribution is 2.55. The highest BCUT2D eigenvalue weighted by molar-refractivity contribution is 6.37. The molecule has 2 amide bonds. The van der Waals surface area contributed by atoms with Crippen LogP contribution in [0.2, 0.25) is 10.0 Å². The average molecular weight is 443 g/mol. The molecule has 0 N–H and O–H groups in total. The smallest absolute Gasteiger partial charge is 0.240 e. The first kappa shape index (κ1) is 18.4. The number of oxime groups is 1. The van der Waals surface area contributed by atoms with Crippen LogP contribution >= 0.6 is 23.2 Å². The SMILES string of the molecule is Cc1ccc(N2C(=O)[C@@H]3[C@H]4O[C@H]([C@H]5ON=C(c6ccc(Cl)cc6Cl)[C@H]54)[C@@H]3C2=O)cc1. The normalized spacial score (nSPS) is 33.6. The first-order chi connectivity index (χ1) is 14.5. The number of fused-ring (bicyclic) bond motifs is 8. The number of aryl methyl sites for hydroxylation is 1. The van der Waals surface area contributed by atoms with E-state index in [2.05, 4.69) is 5.16 Å². The summed E-state index contributed by atoms with van der Waals surface area (Å²) in [7, 11) is 0. The molecule has 0 radical (unpaired) electrons. The Hall–Kier alpha value is -2.41. The minimum absolute atomic E-state index is 0.228. The third-order valence-corrected chi connectivity index (χ3v) is 7.09. The largest absolute Gasteiger partial charge is 0.389 e. The Morgan fingerprint density at radius 1 is 0.900 bits per heavy atom. The maximum absolute atomic E-state index is 13.3. The van der Waals surface area contributed by atoms with Crippen molar-refractivity contribution in [3.63, 3.8) is 0 Å². The van der Waals surface area contributed by atoms with Gasteiger partial charge in [0, 0.05) is 10.6 Å². The van der Waals surface area contributed by atoms with Crippen LogP contribution in [0.1, 0.15) is 11.1 Å². The van der Waals surface area contributed by atoms with Crippen LogP contribution in [0.15, 0.2) is 47.6 Å². The summed E-state index contributed by atoms with van der Waals surface area (Å²) < 4.78 is 6.12. The first-order valence-corrected chi connectivity index (χ1v) is 10.5. The van der Waals surface area contributed by atoms with Gasteiger partial charge in [-0.3, -0.25) is 9.59 Å². The minimum atomic E-state index is -0.555. The molecule has 152 valence electrons. The van der Waals surface area contributed by atoms with Crippen molar-refractivity contribution in [3.05, 3.63) is 63.6 Å². The Kier molecular flexibility index (Phi) is 3.85. The number of halogens is 2. The topological polar surface area (TPSA) is 68.2 Å². The highest BCUT2D eigenvalue weighted by atomic mass is 35.5. The second-order valence-corrected chi connectivity index (χ2v) is 9.00. The average Bonchev–Trinajstić information content (AvgIpc) is 3.44. The Morgan fingerprint density at radius 2 is 1.60 bits per heavy atom. The van der Waals surface area contributed by atoms with E-state index < -0.39 is 30.1 Å². The molecule has 4 heterocycles. The summed E-state index contributed by atoms with van der Waals surface area (Å²) >= 11 is 12.4. The number of hydrogen-bond donors (Lipinski definition) is 0. The molecular formula is C22H16Cl2N2O4. The number of carbonyl (C=O) groups is 2. The second kappa shape index (κ2) is 6.30. The fourth-order valence-corrected chi connectivity index (χ4v) is 5.73. The van der Waals surface area contributed by atoms with Crippen LogP contribution in [0.3, 0.4) is 0 Å². The summed E-state index contributed by atoms with van der Waals surface area (Å²) in [6.07, 6.45) is -1.40. The Balaban J connectivity index is 1.36. The van der Waals surface area contributed by atoms with Crippen LogP contribution in [0, 0.1) is 24.7 Å². The van der Waals surface area contributed by atoms with E-state index in [0.29, 0.717) is 27.0 Å². The molecule has 6 atom stereocenters. The molecule has 6 rings (SSSR count). The quantitative estimate of drug-likeness (QED) is 0.666. The molecule has 3 saturated heterocycles. The molecule has 8 heteroatoms. The van der Waals surface area contributed by atoms with Gasteiger partial charge in [-0.1, -0.05) is 52.1 Å². The Labute approximate surface area is 182 Å². The van der Waals surface area contributed by atoms with E-state index in [1.807, 2.05) is 19.1 Å². The van der Waals surface area contributed by atoms with Crippen molar-refractivity contribution in [2.24, 2.45) is 22.9 Å². The predicted octanol–water partition coefficient (Wildman–Crippen LogP) is 3.61. The van der Waals surface area contributed by atoms with E-state index in [9.17, 15) is 9.59 Å². The highest BCUT2D eigenvalue weighted by Gasteiger charge is 2.72. The van der Waals surface area contributed by atoms with Crippen LogP contribution in [-0.2, 0) is 19.2 Å². The lowest BCUT2D eigenvalue weighted by atomic mass is 9.71. The fraction of sp³-hybridized carbons (Fsp3) is 0.318. The molecule has 4 aliphatic heterocycles. The van der Waals surface area contributed by atoms with Gasteiger partial charge >= 0.3 is 0 Å². The number of nitrogens with zero attached hydrogens (tertiary/aromatic N) is 2. The summed E-state index contributed by atoms with van der Waals surface area (Å²) in [5.74, 6) is -1.83. The molecule has 4 aliphatic rings. The van der Waals surface area contributed by atoms with Crippen LogP contribution in [-0.4, -0.2) is 35.8 Å². The van der Waals surface area contributed by atoms with Gasteiger partial charge in [-0.05, 0) is 31.2 Å². The van der Waals surface area contributed by atoms with Crippen LogP contribution in [0.25, 0.3) is 0 Å². The van der Waals surface area contributed by atoms with Gasteiger partial charge in [-0.2, -0.15) is 0 Å². The van der Waals surface area contributed by atoms with E-state index in [4.69, 9.17) is 32.8 Å². The zero-order chi connectivity index (χ0) is 20.7. The van der Waals surface area contributed by atoms with E-state index in [1.54, 1.807) is 30.3 Å². The lowest BCUT2D eigenvalue weighted by molar-refractivity contribution is -0.125. The Morgan fingerprint density at radius 3 is 2.30 bits per heavy atom. The molecule has 3 fully saturated rings. The number of hydrogen-bond acceptors (Lipinski definition) is 5. The number of imide groups is 1. The van der Waals surface area contributed by atoms with E-state index in [-0.39, 0.29) is 17.7 Å². The zero-order valence-corrected chi connectivity index (χ0v) is 17.3. The molecule has 0 unspecified atom stereocenters. The Bertz CT molecular complexity index is 1130. The van der Waals surface area contributed by atoms with Gasteiger partial charge in [0.25, 0.3) is 0 Å². The van der Waals surface area contributed by atoms with Gasteiger partial charge in [0.2, 0.25) is 11.8 Å². The number of ether oxygens (including phenoxy) is 1. The number of amides is 2. The summed E-state index contributed by atoms with van der Waals surface area (Å²) in [4.78, 5) is 33.5. The zero-order valence-electron chi connectivity index (χ0n) is 15.8. The first-order valence-electron chi connectivity index (χ1n) is 9.75. The summed E-state index contributed by atoms with van der Waals surface area (Å²) in [5.41, 5.74) is 2.99. The monoisotopic (exact) mass is 442 g/mol. The fourth-order valence-electron chi connectivity index (χ4n) is 5.23. The summed E-state index contributed by atoms with van der Waals surface area (Å²) in [6.45, 7) is 1.96. The van der Waals surface area contributed by atoms with Gasteiger partial charge < -0.3 is 9.57 Å². The van der Waals surface area contributed by atoms with Crippen molar-refractivity contribution in [1.29, 1.82) is 0 Å². The molecule has 2 aromatic carbocycles. The third-order valence-electron chi connectivity index (χ3n) is 6.54. The van der Waals surface area contributed by atoms with Crippen molar-refractivity contribution in [2.45, 2.75) is 25.2 Å².